The smallest absolute Gasteiger partial charge is 0.0926 e. The first-order valence-electron chi connectivity index (χ1n) is 4.94. The van der Waals surface area contributed by atoms with Crippen LogP contribution in [0.25, 0.3) is 10.9 Å². The molecule has 0 saturated heterocycles. The van der Waals surface area contributed by atoms with E-state index in [1.165, 1.54) is 10.9 Å². The predicted octanol–water partition coefficient (Wildman–Crippen LogP) is 1.78. The van der Waals surface area contributed by atoms with Gasteiger partial charge in [-0.2, -0.15) is 5.10 Å². The maximum Gasteiger partial charge on any atom is 0.0926 e. The number of aryl methyl sites for hydroxylation is 1. The minimum absolute atomic E-state index is 0.896. The van der Waals surface area contributed by atoms with Gasteiger partial charge in [0.1, 0.15) is 0 Å². The second-order valence-electron chi connectivity index (χ2n) is 3.37. The molecular formula is C11H15N3. The van der Waals surface area contributed by atoms with E-state index >= 15 is 0 Å². The van der Waals surface area contributed by atoms with Crippen LogP contribution in [0, 0.1) is 0 Å². The summed E-state index contributed by atoms with van der Waals surface area (Å²) in [7, 11) is 1.96. The average Bonchev–Trinajstić information content (AvgIpc) is 2.62. The summed E-state index contributed by atoms with van der Waals surface area (Å²) in [4.78, 5) is 0. The lowest BCUT2D eigenvalue weighted by Gasteiger charge is -1.99. The molecule has 0 fully saturated rings. The minimum Gasteiger partial charge on any atom is -0.316 e. The van der Waals surface area contributed by atoms with Crippen LogP contribution in [-0.4, -0.2) is 16.8 Å². The quantitative estimate of drug-likeness (QED) is 0.797. The van der Waals surface area contributed by atoms with E-state index in [9.17, 15) is 0 Å². The van der Waals surface area contributed by atoms with Crippen molar-refractivity contribution in [1.82, 2.24) is 15.1 Å². The molecule has 2 aromatic rings. The van der Waals surface area contributed by atoms with Gasteiger partial charge in [-0.05, 0) is 25.6 Å². The Labute approximate surface area is 83.7 Å². The number of aromatic nitrogens is 2. The number of fused-ring (bicyclic) bond motifs is 1. The van der Waals surface area contributed by atoms with Gasteiger partial charge in [-0.15, -0.1) is 0 Å². The van der Waals surface area contributed by atoms with E-state index in [1.807, 2.05) is 11.7 Å². The molecule has 0 atom stereocenters. The van der Waals surface area contributed by atoms with Crippen molar-refractivity contribution in [2.75, 3.05) is 7.05 Å². The van der Waals surface area contributed by atoms with Crippen LogP contribution < -0.4 is 5.32 Å². The lowest BCUT2D eigenvalue weighted by atomic mass is 10.1. The Hall–Kier alpha value is -1.35. The van der Waals surface area contributed by atoms with Crippen LogP contribution >= 0.6 is 0 Å². The Kier molecular flexibility index (Phi) is 2.50. The zero-order chi connectivity index (χ0) is 9.97. The van der Waals surface area contributed by atoms with Crippen molar-refractivity contribution >= 4 is 10.9 Å². The second kappa shape index (κ2) is 3.80. The molecule has 1 aromatic carbocycles. The molecule has 0 radical (unpaired) electrons. The maximum absolute atomic E-state index is 4.46. The molecule has 0 aliphatic carbocycles. The summed E-state index contributed by atoms with van der Waals surface area (Å²) < 4.78 is 1.98. The Morgan fingerprint density at radius 3 is 3.00 bits per heavy atom. The van der Waals surface area contributed by atoms with Crippen LogP contribution in [0.5, 0.6) is 0 Å². The first-order chi connectivity index (χ1) is 6.85. The fraction of sp³-hybridized carbons (Fsp3) is 0.364. The molecule has 0 saturated carbocycles. The van der Waals surface area contributed by atoms with Crippen molar-refractivity contribution in [3.8, 4) is 0 Å². The Morgan fingerprint density at radius 2 is 2.29 bits per heavy atom. The van der Waals surface area contributed by atoms with Crippen LogP contribution in [0.4, 0.5) is 0 Å². The SMILES string of the molecule is CCn1cc2c(CNC)cccc2n1. The van der Waals surface area contributed by atoms with E-state index in [1.54, 1.807) is 0 Å². The topological polar surface area (TPSA) is 29.9 Å². The van der Waals surface area contributed by atoms with Crippen molar-refractivity contribution in [1.29, 1.82) is 0 Å². The predicted molar refractivity (Wildman–Crippen MR) is 58.2 cm³/mol. The van der Waals surface area contributed by atoms with Gasteiger partial charge in [-0.1, -0.05) is 12.1 Å². The molecular weight excluding hydrogens is 174 g/mol. The first kappa shape index (κ1) is 9.21. The van der Waals surface area contributed by atoms with Gasteiger partial charge in [0.15, 0.2) is 0 Å². The summed E-state index contributed by atoms with van der Waals surface area (Å²) in [6, 6.07) is 6.25. The Bertz CT molecular complexity index is 431. The van der Waals surface area contributed by atoms with E-state index in [0.29, 0.717) is 0 Å². The highest BCUT2D eigenvalue weighted by atomic mass is 15.3. The van der Waals surface area contributed by atoms with Crippen LogP contribution in [0.3, 0.4) is 0 Å². The van der Waals surface area contributed by atoms with Gasteiger partial charge in [-0.25, -0.2) is 0 Å². The lowest BCUT2D eigenvalue weighted by molar-refractivity contribution is 0.668. The molecule has 0 spiro atoms. The average molecular weight is 189 g/mol. The first-order valence-corrected chi connectivity index (χ1v) is 4.94. The fourth-order valence-electron chi connectivity index (χ4n) is 1.66. The maximum atomic E-state index is 4.46. The van der Waals surface area contributed by atoms with E-state index in [4.69, 9.17) is 0 Å². The van der Waals surface area contributed by atoms with Crippen molar-refractivity contribution in [3.63, 3.8) is 0 Å². The van der Waals surface area contributed by atoms with Gasteiger partial charge in [0.05, 0.1) is 5.52 Å². The normalized spacial score (nSPS) is 11.0. The zero-order valence-electron chi connectivity index (χ0n) is 8.62. The molecule has 3 nitrogen and oxygen atoms in total. The number of hydrogen-bond donors (Lipinski definition) is 1. The molecule has 0 bridgehead atoms. The fourth-order valence-corrected chi connectivity index (χ4v) is 1.66. The molecule has 2 rings (SSSR count). The number of benzene rings is 1. The van der Waals surface area contributed by atoms with Crippen molar-refractivity contribution < 1.29 is 0 Å². The van der Waals surface area contributed by atoms with Crippen LogP contribution in [-0.2, 0) is 13.1 Å². The summed E-state index contributed by atoms with van der Waals surface area (Å²) >= 11 is 0. The van der Waals surface area contributed by atoms with Gasteiger partial charge in [-0.3, -0.25) is 4.68 Å². The third-order valence-electron chi connectivity index (χ3n) is 2.38. The third kappa shape index (κ3) is 1.51. The molecule has 1 heterocycles. The molecule has 3 heteroatoms. The van der Waals surface area contributed by atoms with Gasteiger partial charge in [0, 0.05) is 24.7 Å². The van der Waals surface area contributed by atoms with Gasteiger partial charge < -0.3 is 5.32 Å². The largest absolute Gasteiger partial charge is 0.316 e. The van der Waals surface area contributed by atoms with Gasteiger partial charge >= 0.3 is 0 Å². The Balaban J connectivity index is 2.55. The standard InChI is InChI=1S/C11H15N3/c1-3-14-8-10-9(7-12-2)5-4-6-11(10)13-14/h4-6,8,12H,3,7H2,1-2H3. The van der Waals surface area contributed by atoms with Crippen LogP contribution in [0.2, 0.25) is 0 Å². The second-order valence-corrected chi connectivity index (χ2v) is 3.37. The van der Waals surface area contributed by atoms with Gasteiger partial charge in [0.25, 0.3) is 0 Å². The van der Waals surface area contributed by atoms with E-state index in [2.05, 4.69) is 41.7 Å². The zero-order valence-corrected chi connectivity index (χ0v) is 8.62. The van der Waals surface area contributed by atoms with Crippen molar-refractivity contribution in [3.05, 3.63) is 30.0 Å². The number of nitrogens with one attached hydrogen (secondary N) is 1. The number of rotatable bonds is 3. The minimum atomic E-state index is 0.896. The Morgan fingerprint density at radius 1 is 1.43 bits per heavy atom. The number of hydrogen-bond acceptors (Lipinski definition) is 2. The van der Waals surface area contributed by atoms with Crippen molar-refractivity contribution in [2.45, 2.75) is 20.0 Å². The highest BCUT2D eigenvalue weighted by Gasteiger charge is 2.03. The van der Waals surface area contributed by atoms with Crippen LogP contribution in [0.1, 0.15) is 12.5 Å². The monoisotopic (exact) mass is 189 g/mol. The highest BCUT2D eigenvalue weighted by molar-refractivity contribution is 5.81. The number of nitrogens with zero attached hydrogens (tertiary/aromatic N) is 2. The van der Waals surface area contributed by atoms with Gasteiger partial charge in [0.2, 0.25) is 0 Å². The molecule has 1 aromatic heterocycles. The van der Waals surface area contributed by atoms with E-state index < -0.39 is 0 Å². The molecule has 14 heavy (non-hydrogen) atoms. The highest BCUT2D eigenvalue weighted by Crippen LogP contribution is 2.17. The summed E-state index contributed by atoms with van der Waals surface area (Å²) in [6.07, 6.45) is 2.11. The van der Waals surface area contributed by atoms with E-state index in [-0.39, 0.29) is 0 Å². The summed E-state index contributed by atoms with van der Waals surface area (Å²) in [5.74, 6) is 0. The molecule has 74 valence electrons. The molecule has 0 aliphatic rings. The van der Waals surface area contributed by atoms with Crippen LogP contribution in [0.15, 0.2) is 24.4 Å². The molecule has 1 N–H and O–H groups in total. The third-order valence-corrected chi connectivity index (χ3v) is 2.38. The van der Waals surface area contributed by atoms with Crippen molar-refractivity contribution in [2.24, 2.45) is 0 Å². The lowest BCUT2D eigenvalue weighted by Crippen LogP contribution is -2.04. The summed E-state index contributed by atoms with van der Waals surface area (Å²) in [5, 5.41) is 8.88. The molecule has 0 amide bonds. The molecule has 0 aliphatic heterocycles. The summed E-state index contributed by atoms with van der Waals surface area (Å²) in [6.45, 7) is 3.92. The summed E-state index contributed by atoms with van der Waals surface area (Å²) in [5.41, 5.74) is 2.39. The molecule has 0 unspecified atom stereocenters. The van der Waals surface area contributed by atoms with E-state index in [0.717, 1.165) is 18.6 Å².